The number of benzene rings is 3. The number of ether oxygens (including phenoxy) is 1. The van der Waals surface area contributed by atoms with Gasteiger partial charge in [0.05, 0.1) is 19.7 Å². The molecule has 39 heavy (non-hydrogen) atoms. The lowest BCUT2D eigenvalue weighted by Gasteiger charge is -2.28. The van der Waals surface area contributed by atoms with Crippen molar-refractivity contribution in [2.45, 2.75) is 38.4 Å². The van der Waals surface area contributed by atoms with Gasteiger partial charge in [0.2, 0.25) is 11.8 Å². The SMILES string of the molecule is CN[C@@H](C)C(=O)N[C@H]1CCc2ccccc2N(Cc2c(OC)ccc3cc(-c4ncn[nH]4)ccc23)C1=O.Cl.Cl. The van der Waals surface area contributed by atoms with E-state index in [2.05, 4.69) is 25.8 Å². The molecule has 0 aliphatic carbocycles. The van der Waals surface area contributed by atoms with Gasteiger partial charge in [0.1, 0.15) is 18.1 Å². The summed E-state index contributed by atoms with van der Waals surface area (Å²) in [6.07, 6.45) is 2.69. The number of anilines is 1. The van der Waals surface area contributed by atoms with Crippen molar-refractivity contribution in [2.75, 3.05) is 19.1 Å². The van der Waals surface area contributed by atoms with E-state index >= 15 is 0 Å². The summed E-state index contributed by atoms with van der Waals surface area (Å²) in [6, 6.07) is 16.9. The van der Waals surface area contributed by atoms with Crippen LogP contribution in [-0.2, 0) is 22.6 Å². The second kappa shape index (κ2) is 12.9. The molecule has 0 saturated heterocycles. The van der Waals surface area contributed by atoms with Crippen LogP contribution in [0.2, 0.25) is 0 Å². The number of halogens is 2. The number of methoxy groups -OCH3 is 1. The number of aryl methyl sites for hydroxylation is 1. The van der Waals surface area contributed by atoms with Crippen LogP contribution in [0.3, 0.4) is 0 Å². The topological polar surface area (TPSA) is 112 Å². The zero-order valence-corrected chi connectivity index (χ0v) is 23.6. The molecule has 4 aromatic rings. The normalized spacial score (nSPS) is 15.4. The van der Waals surface area contributed by atoms with Crippen molar-refractivity contribution in [3.63, 3.8) is 0 Å². The van der Waals surface area contributed by atoms with Crippen LogP contribution in [0.15, 0.2) is 60.9 Å². The van der Waals surface area contributed by atoms with Crippen LogP contribution in [0.25, 0.3) is 22.2 Å². The summed E-state index contributed by atoms with van der Waals surface area (Å²) in [6.45, 7) is 2.07. The Morgan fingerprint density at radius 2 is 1.97 bits per heavy atom. The molecule has 3 N–H and O–H groups in total. The maximum absolute atomic E-state index is 13.9. The number of rotatable bonds is 7. The molecule has 1 aliphatic rings. The fourth-order valence-electron chi connectivity index (χ4n) is 4.82. The molecule has 2 atom stereocenters. The van der Waals surface area contributed by atoms with Crippen LogP contribution >= 0.6 is 24.8 Å². The van der Waals surface area contributed by atoms with Crippen molar-refractivity contribution in [3.8, 4) is 17.1 Å². The number of H-pyrrole nitrogens is 1. The molecule has 2 amide bonds. The Morgan fingerprint density at radius 3 is 2.69 bits per heavy atom. The van der Waals surface area contributed by atoms with E-state index in [4.69, 9.17) is 4.74 Å². The zero-order valence-electron chi connectivity index (χ0n) is 21.9. The van der Waals surface area contributed by atoms with E-state index in [9.17, 15) is 9.59 Å². The lowest BCUT2D eigenvalue weighted by Crippen LogP contribution is -2.52. The number of hydrogen-bond acceptors (Lipinski definition) is 6. The molecular weight excluding hydrogens is 539 g/mol. The summed E-state index contributed by atoms with van der Waals surface area (Å²) in [4.78, 5) is 32.6. The van der Waals surface area contributed by atoms with Gasteiger partial charge in [-0.2, -0.15) is 5.10 Å². The lowest BCUT2D eigenvalue weighted by molar-refractivity contribution is -0.128. The van der Waals surface area contributed by atoms with Crippen LogP contribution in [0.1, 0.15) is 24.5 Å². The van der Waals surface area contributed by atoms with Crippen molar-refractivity contribution >= 4 is 53.1 Å². The molecule has 0 spiro atoms. The minimum absolute atomic E-state index is 0. The van der Waals surface area contributed by atoms with Gasteiger partial charge in [0.15, 0.2) is 5.82 Å². The van der Waals surface area contributed by atoms with Crippen LogP contribution < -0.4 is 20.3 Å². The molecule has 9 nitrogen and oxygen atoms in total. The monoisotopic (exact) mass is 570 g/mol. The number of fused-ring (bicyclic) bond motifs is 2. The number of carbonyl (C=O) groups excluding carboxylic acids is 2. The highest BCUT2D eigenvalue weighted by atomic mass is 35.5. The number of hydrogen-bond donors (Lipinski definition) is 3. The summed E-state index contributed by atoms with van der Waals surface area (Å²) in [5.74, 6) is 1.04. The first-order chi connectivity index (χ1) is 18.0. The largest absolute Gasteiger partial charge is 0.496 e. The van der Waals surface area contributed by atoms with Crippen molar-refractivity contribution in [3.05, 3.63) is 72.1 Å². The Balaban J connectivity index is 0.00000210. The molecule has 206 valence electrons. The first-order valence-electron chi connectivity index (χ1n) is 12.3. The van der Waals surface area contributed by atoms with Crippen molar-refractivity contribution in [2.24, 2.45) is 0 Å². The Hall–Kier alpha value is -3.66. The summed E-state index contributed by atoms with van der Waals surface area (Å²) >= 11 is 0. The molecule has 2 heterocycles. The van der Waals surface area contributed by atoms with E-state index < -0.39 is 12.1 Å². The highest BCUT2D eigenvalue weighted by molar-refractivity contribution is 6.02. The first kappa shape index (κ1) is 29.9. The van der Waals surface area contributed by atoms with E-state index in [1.54, 1.807) is 26.0 Å². The quantitative estimate of drug-likeness (QED) is 0.309. The van der Waals surface area contributed by atoms with E-state index in [0.717, 1.165) is 33.2 Å². The molecule has 0 radical (unpaired) electrons. The molecule has 1 aromatic heterocycles. The van der Waals surface area contributed by atoms with Gasteiger partial charge < -0.3 is 20.3 Å². The third-order valence-corrected chi connectivity index (χ3v) is 7.00. The van der Waals surface area contributed by atoms with Crippen LogP contribution in [0, 0.1) is 0 Å². The number of aromatic nitrogens is 3. The number of para-hydroxylation sites is 1. The van der Waals surface area contributed by atoms with E-state index in [1.165, 1.54) is 6.33 Å². The average Bonchev–Trinajstić information content (AvgIpc) is 3.44. The van der Waals surface area contributed by atoms with Gasteiger partial charge in [-0.15, -0.1) is 24.8 Å². The van der Waals surface area contributed by atoms with E-state index in [-0.39, 0.29) is 36.6 Å². The molecule has 0 unspecified atom stereocenters. The maximum Gasteiger partial charge on any atom is 0.249 e. The predicted molar refractivity (Wildman–Crippen MR) is 157 cm³/mol. The summed E-state index contributed by atoms with van der Waals surface area (Å²) in [5.41, 5.74) is 3.73. The summed E-state index contributed by atoms with van der Waals surface area (Å²) in [7, 11) is 3.36. The third kappa shape index (κ3) is 6.00. The van der Waals surface area contributed by atoms with Crippen LogP contribution in [0.5, 0.6) is 5.75 Å². The van der Waals surface area contributed by atoms with E-state index in [1.807, 2.05) is 54.6 Å². The predicted octanol–water partition coefficient (Wildman–Crippen LogP) is 4.05. The average molecular weight is 572 g/mol. The summed E-state index contributed by atoms with van der Waals surface area (Å²) in [5, 5.41) is 14.7. The number of likely N-dealkylation sites (N-methyl/N-ethyl adjacent to an activating group) is 1. The number of carbonyl (C=O) groups is 2. The standard InChI is InChI=1S/C28H30N6O3.2ClH/c1-17(29-2)27(35)32-23-12-9-18-6-4-5-7-24(18)34(28(23)36)15-22-21-11-8-20(26-30-16-31-33-26)14-19(21)10-13-25(22)37-3;;/h4-8,10-11,13-14,16-17,23,29H,9,12,15H2,1-3H3,(H,32,35)(H,30,31,33);2*1H/t17-,23-;;/m0../s1. The van der Waals surface area contributed by atoms with E-state index in [0.29, 0.717) is 31.0 Å². The van der Waals surface area contributed by atoms with Gasteiger partial charge in [0, 0.05) is 16.8 Å². The number of amides is 2. The molecule has 1 aliphatic heterocycles. The molecule has 3 aromatic carbocycles. The smallest absolute Gasteiger partial charge is 0.249 e. The van der Waals surface area contributed by atoms with Crippen molar-refractivity contribution in [1.29, 1.82) is 0 Å². The lowest BCUT2D eigenvalue weighted by atomic mass is 10.00. The molecular formula is C28H32Cl2N6O3. The van der Waals surface area contributed by atoms with Crippen molar-refractivity contribution < 1.29 is 14.3 Å². The van der Waals surface area contributed by atoms with Gasteiger partial charge in [-0.3, -0.25) is 14.7 Å². The second-order valence-electron chi connectivity index (χ2n) is 9.18. The van der Waals surface area contributed by atoms with Gasteiger partial charge in [-0.1, -0.05) is 36.4 Å². The zero-order chi connectivity index (χ0) is 25.9. The Morgan fingerprint density at radius 1 is 1.18 bits per heavy atom. The van der Waals surface area contributed by atoms with Crippen LogP contribution in [0.4, 0.5) is 5.69 Å². The third-order valence-electron chi connectivity index (χ3n) is 7.00. The number of nitrogens with zero attached hydrogens (tertiary/aromatic N) is 3. The molecule has 11 heteroatoms. The van der Waals surface area contributed by atoms with Crippen molar-refractivity contribution in [1.82, 2.24) is 25.8 Å². The second-order valence-corrected chi connectivity index (χ2v) is 9.18. The molecule has 0 fully saturated rings. The van der Waals surface area contributed by atoms with Gasteiger partial charge in [0.25, 0.3) is 0 Å². The maximum atomic E-state index is 13.9. The molecule has 0 saturated carbocycles. The molecule has 0 bridgehead atoms. The minimum atomic E-state index is -0.630. The first-order valence-corrected chi connectivity index (χ1v) is 12.3. The number of nitrogens with one attached hydrogen (secondary N) is 3. The Labute approximate surface area is 239 Å². The van der Waals surface area contributed by atoms with Crippen LogP contribution in [-0.4, -0.2) is 53.2 Å². The Kier molecular flexibility index (Phi) is 9.91. The highest BCUT2D eigenvalue weighted by Gasteiger charge is 2.33. The highest BCUT2D eigenvalue weighted by Crippen LogP contribution is 2.35. The molecule has 5 rings (SSSR count). The fourth-order valence-corrected chi connectivity index (χ4v) is 4.82. The van der Waals surface area contributed by atoms with Gasteiger partial charge in [-0.05, 0) is 61.3 Å². The van der Waals surface area contributed by atoms with Gasteiger partial charge in [-0.25, -0.2) is 4.98 Å². The Bertz CT molecular complexity index is 1450. The fraction of sp³-hybridized carbons (Fsp3) is 0.286. The van der Waals surface area contributed by atoms with Gasteiger partial charge >= 0.3 is 0 Å². The number of aromatic amines is 1. The summed E-state index contributed by atoms with van der Waals surface area (Å²) < 4.78 is 5.74. The minimum Gasteiger partial charge on any atom is -0.496 e.